The topological polar surface area (TPSA) is 78.4 Å². The molecule has 0 aromatic heterocycles. The van der Waals surface area contributed by atoms with Gasteiger partial charge in [0.05, 0.1) is 15.5 Å². The number of hydrogen-bond donors (Lipinski definition) is 1. The second-order valence-corrected chi connectivity index (χ2v) is 6.25. The van der Waals surface area contributed by atoms with Crippen LogP contribution in [0.1, 0.15) is 18.5 Å². The third kappa shape index (κ3) is 4.03. The van der Waals surface area contributed by atoms with Crippen molar-refractivity contribution < 1.29 is 9.66 Å². The summed E-state index contributed by atoms with van der Waals surface area (Å²) in [7, 11) is 0. The highest BCUT2D eigenvalue weighted by molar-refractivity contribution is 9.10. The molecule has 0 fully saturated rings. The minimum absolute atomic E-state index is 0.0392. The Kier molecular flexibility index (Phi) is 4.97. The Morgan fingerprint density at radius 2 is 1.95 bits per heavy atom. The fourth-order valence-corrected chi connectivity index (χ4v) is 2.66. The van der Waals surface area contributed by atoms with Crippen molar-refractivity contribution in [3.8, 4) is 11.5 Å². The molecule has 0 aliphatic rings. The summed E-state index contributed by atoms with van der Waals surface area (Å²) in [6, 6.07) is 9.87. The smallest absolute Gasteiger partial charge is 0.274 e. The molecule has 0 saturated carbocycles. The molecule has 21 heavy (non-hydrogen) atoms. The molecule has 2 rings (SSSR count). The van der Waals surface area contributed by atoms with Crippen molar-refractivity contribution in [1.29, 1.82) is 0 Å². The van der Waals surface area contributed by atoms with Crippen LogP contribution in [-0.2, 0) is 0 Å². The monoisotopic (exact) mass is 414 g/mol. The van der Waals surface area contributed by atoms with Crippen LogP contribution in [0.5, 0.6) is 11.5 Å². The van der Waals surface area contributed by atoms with Crippen LogP contribution in [0.15, 0.2) is 45.3 Å². The van der Waals surface area contributed by atoms with E-state index in [1.165, 1.54) is 12.1 Å². The third-order valence-corrected chi connectivity index (χ3v) is 3.85. The molecule has 0 aliphatic heterocycles. The van der Waals surface area contributed by atoms with Crippen LogP contribution >= 0.6 is 31.9 Å². The second-order valence-electron chi connectivity index (χ2n) is 4.48. The first-order valence-corrected chi connectivity index (χ1v) is 7.63. The van der Waals surface area contributed by atoms with E-state index >= 15 is 0 Å². The molecule has 0 heterocycles. The number of nitro groups is 1. The maximum atomic E-state index is 10.9. The molecule has 0 aliphatic carbocycles. The van der Waals surface area contributed by atoms with Gasteiger partial charge in [-0.1, -0.05) is 22.0 Å². The van der Waals surface area contributed by atoms with Gasteiger partial charge >= 0.3 is 0 Å². The summed E-state index contributed by atoms with van der Waals surface area (Å²) >= 11 is 6.64. The van der Waals surface area contributed by atoms with E-state index in [-0.39, 0.29) is 11.7 Å². The molecule has 2 N–H and O–H groups in total. The lowest BCUT2D eigenvalue weighted by Crippen LogP contribution is -2.04. The Hall–Kier alpha value is -1.44. The van der Waals surface area contributed by atoms with Crippen molar-refractivity contribution in [3.05, 3.63) is 61.0 Å². The molecule has 0 saturated heterocycles. The van der Waals surface area contributed by atoms with E-state index in [1.807, 2.05) is 19.1 Å². The van der Waals surface area contributed by atoms with E-state index in [1.54, 1.807) is 12.1 Å². The van der Waals surface area contributed by atoms with Crippen LogP contribution in [0.4, 0.5) is 5.69 Å². The van der Waals surface area contributed by atoms with Crippen LogP contribution in [0.25, 0.3) is 0 Å². The van der Waals surface area contributed by atoms with Crippen molar-refractivity contribution in [3.63, 3.8) is 0 Å². The number of nitrogens with zero attached hydrogens (tertiary/aromatic N) is 1. The van der Waals surface area contributed by atoms with Crippen molar-refractivity contribution in [1.82, 2.24) is 0 Å². The van der Waals surface area contributed by atoms with E-state index in [2.05, 4.69) is 31.9 Å². The number of nitrogens with two attached hydrogens (primary N) is 1. The van der Waals surface area contributed by atoms with E-state index in [0.717, 1.165) is 10.0 Å². The van der Waals surface area contributed by atoms with Crippen LogP contribution < -0.4 is 10.5 Å². The molecule has 1 unspecified atom stereocenters. The van der Waals surface area contributed by atoms with Crippen LogP contribution in [-0.4, -0.2) is 4.92 Å². The molecular formula is C14H12Br2N2O3. The zero-order chi connectivity index (χ0) is 15.6. The first-order chi connectivity index (χ1) is 9.86. The highest BCUT2D eigenvalue weighted by Gasteiger charge is 2.12. The van der Waals surface area contributed by atoms with Gasteiger partial charge in [0.2, 0.25) is 0 Å². The fourth-order valence-electron chi connectivity index (χ4n) is 1.72. The van der Waals surface area contributed by atoms with Gasteiger partial charge in [-0.15, -0.1) is 0 Å². The fraction of sp³-hybridized carbons (Fsp3) is 0.143. The maximum Gasteiger partial charge on any atom is 0.274 e. The zero-order valence-corrected chi connectivity index (χ0v) is 14.2. The molecule has 0 radical (unpaired) electrons. The Morgan fingerprint density at radius 1 is 1.24 bits per heavy atom. The lowest BCUT2D eigenvalue weighted by atomic mass is 10.1. The van der Waals surface area contributed by atoms with Gasteiger partial charge in [0.1, 0.15) is 11.5 Å². The largest absolute Gasteiger partial charge is 0.456 e. The predicted molar refractivity (Wildman–Crippen MR) is 87.6 cm³/mol. The molecule has 7 heteroatoms. The number of rotatable bonds is 4. The minimum atomic E-state index is -0.466. The highest BCUT2D eigenvalue weighted by Crippen LogP contribution is 2.34. The van der Waals surface area contributed by atoms with E-state index in [0.29, 0.717) is 16.0 Å². The summed E-state index contributed by atoms with van der Waals surface area (Å²) in [5.74, 6) is 0.942. The van der Waals surface area contributed by atoms with Gasteiger partial charge in [0.25, 0.3) is 5.69 Å². The molecule has 0 amide bonds. The number of non-ortho nitro benzene ring substituents is 1. The summed E-state index contributed by atoms with van der Waals surface area (Å²) in [5, 5.41) is 10.9. The van der Waals surface area contributed by atoms with Crippen molar-refractivity contribution in [2.75, 3.05) is 0 Å². The SMILES string of the molecule is CC(N)c1ccc(Oc2cc(Br)cc([N+](=O)[O-])c2)c(Br)c1. The molecule has 0 bridgehead atoms. The van der Waals surface area contributed by atoms with Crippen LogP contribution in [0, 0.1) is 10.1 Å². The Morgan fingerprint density at radius 3 is 2.52 bits per heavy atom. The molecular weight excluding hydrogens is 404 g/mol. The molecule has 1 atom stereocenters. The van der Waals surface area contributed by atoms with Gasteiger partial charge in [-0.3, -0.25) is 10.1 Å². The van der Waals surface area contributed by atoms with Gasteiger partial charge in [-0.2, -0.15) is 0 Å². The van der Waals surface area contributed by atoms with Gasteiger partial charge in [0, 0.05) is 16.6 Å². The average molecular weight is 416 g/mol. The summed E-state index contributed by atoms with van der Waals surface area (Å²) in [5.41, 5.74) is 6.74. The number of benzene rings is 2. The molecule has 2 aromatic carbocycles. The zero-order valence-electron chi connectivity index (χ0n) is 11.0. The Balaban J connectivity index is 2.32. The standard InChI is InChI=1S/C14H12Br2N2O3/c1-8(17)9-2-3-14(13(16)4-9)21-12-6-10(15)5-11(7-12)18(19)20/h2-8H,17H2,1H3. The highest BCUT2D eigenvalue weighted by atomic mass is 79.9. The third-order valence-electron chi connectivity index (χ3n) is 2.78. The van der Waals surface area contributed by atoms with Gasteiger partial charge in [0.15, 0.2) is 0 Å². The van der Waals surface area contributed by atoms with E-state index in [4.69, 9.17) is 10.5 Å². The summed E-state index contributed by atoms with van der Waals surface area (Å²) in [4.78, 5) is 10.4. The molecule has 0 spiro atoms. The quantitative estimate of drug-likeness (QED) is 0.567. The van der Waals surface area contributed by atoms with Gasteiger partial charge in [-0.25, -0.2) is 0 Å². The summed E-state index contributed by atoms with van der Waals surface area (Å²) < 4.78 is 7.01. The number of nitro benzene ring substituents is 1. The van der Waals surface area contributed by atoms with E-state index in [9.17, 15) is 10.1 Å². The lowest BCUT2D eigenvalue weighted by molar-refractivity contribution is -0.385. The Labute approximate surface area is 138 Å². The minimum Gasteiger partial charge on any atom is -0.456 e. The van der Waals surface area contributed by atoms with Crippen LogP contribution in [0.3, 0.4) is 0 Å². The van der Waals surface area contributed by atoms with Crippen molar-refractivity contribution >= 4 is 37.5 Å². The van der Waals surface area contributed by atoms with Gasteiger partial charge < -0.3 is 10.5 Å². The summed E-state index contributed by atoms with van der Waals surface area (Å²) in [6.07, 6.45) is 0. The van der Waals surface area contributed by atoms with Crippen molar-refractivity contribution in [2.24, 2.45) is 5.73 Å². The van der Waals surface area contributed by atoms with Crippen LogP contribution in [0.2, 0.25) is 0 Å². The maximum absolute atomic E-state index is 10.9. The molecule has 110 valence electrons. The molecule has 5 nitrogen and oxygen atoms in total. The first kappa shape index (κ1) is 15.9. The number of ether oxygens (including phenoxy) is 1. The number of halogens is 2. The summed E-state index contributed by atoms with van der Waals surface area (Å²) in [6.45, 7) is 1.89. The number of hydrogen-bond acceptors (Lipinski definition) is 4. The normalized spacial score (nSPS) is 12.0. The average Bonchev–Trinajstić information content (AvgIpc) is 2.40. The van der Waals surface area contributed by atoms with Crippen molar-refractivity contribution in [2.45, 2.75) is 13.0 Å². The second kappa shape index (κ2) is 6.55. The van der Waals surface area contributed by atoms with Gasteiger partial charge in [-0.05, 0) is 46.6 Å². The van der Waals surface area contributed by atoms with E-state index < -0.39 is 4.92 Å². The lowest BCUT2D eigenvalue weighted by Gasteiger charge is -2.11. The Bertz CT molecular complexity index is 690. The first-order valence-electron chi connectivity index (χ1n) is 6.04. The molecule has 2 aromatic rings. The predicted octanol–water partition coefficient (Wildman–Crippen LogP) is 4.93.